The summed E-state index contributed by atoms with van der Waals surface area (Å²) in [4.78, 5) is 28.0. The molecule has 3 aromatic rings. The van der Waals surface area contributed by atoms with Crippen molar-refractivity contribution in [2.75, 3.05) is 0 Å². The predicted octanol–water partition coefficient (Wildman–Crippen LogP) is 2.41. The highest BCUT2D eigenvalue weighted by Gasteiger charge is 2.16. The molecule has 0 radical (unpaired) electrons. The number of hydrogen-bond donors (Lipinski definition) is 2. The van der Waals surface area contributed by atoms with Crippen molar-refractivity contribution in [3.05, 3.63) is 70.7 Å². The number of nitrogens with one attached hydrogen (secondary N) is 1. The third-order valence-corrected chi connectivity index (χ3v) is 3.72. The van der Waals surface area contributed by atoms with Gasteiger partial charge in [0.2, 0.25) is 0 Å². The van der Waals surface area contributed by atoms with Crippen molar-refractivity contribution in [2.24, 2.45) is 5.10 Å². The molecule has 0 spiro atoms. The molecule has 2 N–H and O–H groups in total. The lowest BCUT2D eigenvalue weighted by Crippen LogP contribution is -2.20. The number of benzene rings is 1. The second-order valence-corrected chi connectivity index (χ2v) is 5.57. The molecular formula is C18H16N4O3. The number of fused-ring (bicyclic) bond motifs is 1. The number of nitrogens with zero attached hydrogens (tertiary/aromatic N) is 3. The number of aromatic nitrogens is 2. The average molecular weight is 336 g/mol. The molecule has 126 valence electrons. The van der Waals surface area contributed by atoms with Gasteiger partial charge in [0.15, 0.2) is 0 Å². The SMILES string of the molecule is Cc1ccc2nc(C)c(C(=O)N/N=C\c3ccccc3C(=O)O)n2c1. The van der Waals surface area contributed by atoms with E-state index >= 15 is 0 Å². The monoisotopic (exact) mass is 336 g/mol. The Balaban J connectivity index is 1.86. The van der Waals surface area contributed by atoms with Gasteiger partial charge in [0.05, 0.1) is 17.5 Å². The van der Waals surface area contributed by atoms with Gasteiger partial charge in [0, 0.05) is 11.8 Å². The minimum atomic E-state index is -1.05. The molecule has 0 aliphatic carbocycles. The fraction of sp³-hybridized carbons (Fsp3) is 0.111. The highest BCUT2D eigenvalue weighted by atomic mass is 16.4. The van der Waals surface area contributed by atoms with Gasteiger partial charge < -0.3 is 5.11 Å². The minimum absolute atomic E-state index is 0.113. The first-order valence-electron chi connectivity index (χ1n) is 7.58. The molecule has 7 nitrogen and oxygen atoms in total. The largest absolute Gasteiger partial charge is 0.478 e. The second kappa shape index (κ2) is 6.56. The summed E-state index contributed by atoms with van der Waals surface area (Å²) in [5.41, 5.74) is 5.60. The molecule has 0 bridgehead atoms. The molecule has 3 rings (SSSR count). The molecule has 0 atom stereocenters. The van der Waals surface area contributed by atoms with E-state index in [4.69, 9.17) is 5.11 Å². The van der Waals surface area contributed by atoms with Crippen LogP contribution in [0.3, 0.4) is 0 Å². The Morgan fingerprint density at radius 2 is 1.96 bits per heavy atom. The van der Waals surface area contributed by atoms with Gasteiger partial charge >= 0.3 is 5.97 Å². The number of carbonyl (C=O) groups is 2. The van der Waals surface area contributed by atoms with Crippen LogP contribution in [-0.4, -0.2) is 32.6 Å². The molecule has 1 amide bonds. The summed E-state index contributed by atoms with van der Waals surface area (Å²) in [6.07, 6.45) is 3.14. The van der Waals surface area contributed by atoms with Crippen LogP contribution in [0.2, 0.25) is 0 Å². The first kappa shape index (κ1) is 16.4. The Labute approximate surface area is 143 Å². The number of carboxylic acids is 1. The zero-order chi connectivity index (χ0) is 18.0. The van der Waals surface area contributed by atoms with Crippen LogP contribution in [0.4, 0.5) is 0 Å². The standard InChI is InChI=1S/C18H16N4O3/c1-11-7-8-15-20-12(2)16(22(15)10-11)17(23)21-19-9-13-5-3-4-6-14(13)18(24)25/h3-10H,1-2H3,(H,21,23)(H,24,25)/b19-9-. The van der Waals surface area contributed by atoms with E-state index in [1.807, 2.05) is 25.3 Å². The Hall–Kier alpha value is -3.48. The maximum atomic E-state index is 12.5. The van der Waals surface area contributed by atoms with Crippen molar-refractivity contribution in [3.8, 4) is 0 Å². The van der Waals surface area contributed by atoms with Crippen LogP contribution in [0.25, 0.3) is 5.65 Å². The topological polar surface area (TPSA) is 96.1 Å². The zero-order valence-electron chi connectivity index (χ0n) is 13.7. The molecule has 2 aromatic heterocycles. The van der Waals surface area contributed by atoms with Gasteiger partial charge in [-0.25, -0.2) is 15.2 Å². The summed E-state index contributed by atoms with van der Waals surface area (Å²) in [5, 5.41) is 13.0. The molecule has 7 heteroatoms. The fourth-order valence-corrected chi connectivity index (χ4v) is 2.56. The number of hydrazone groups is 1. The van der Waals surface area contributed by atoms with E-state index < -0.39 is 11.9 Å². The average Bonchev–Trinajstić information content (AvgIpc) is 2.90. The first-order valence-corrected chi connectivity index (χ1v) is 7.58. The number of amides is 1. The number of aromatic carboxylic acids is 1. The number of rotatable bonds is 4. The molecule has 0 aliphatic heterocycles. The van der Waals surface area contributed by atoms with Crippen molar-refractivity contribution < 1.29 is 14.7 Å². The molecule has 2 heterocycles. The molecule has 25 heavy (non-hydrogen) atoms. The summed E-state index contributed by atoms with van der Waals surface area (Å²) >= 11 is 0. The van der Waals surface area contributed by atoms with Crippen LogP contribution in [0.5, 0.6) is 0 Å². The number of carboxylic acid groups (broad SMARTS) is 1. The van der Waals surface area contributed by atoms with Crippen molar-refractivity contribution in [1.29, 1.82) is 0 Å². The van der Waals surface area contributed by atoms with Gasteiger partial charge in [-0.3, -0.25) is 9.20 Å². The summed E-state index contributed by atoms with van der Waals surface area (Å²) in [6.45, 7) is 3.68. The van der Waals surface area contributed by atoms with Gasteiger partial charge in [-0.15, -0.1) is 0 Å². The summed E-state index contributed by atoms with van der Waals surface area (Å²) in [6, 6.07) is 10.2. The Morgan fingerprint density at radius 1 is 1.20 bits per heavy atom. The van der Waals surface area contributed by atoms with E-state index in [1.54, 1.807) is 29.5 Å². The van der Waals surface area contributed by atoms with Gasteiger partial charge in [-0.1, -0.05) is 24.3 Å². The summed E-state index contributed by atoms with van der Waals surface area (Å²) in [7, 11) is 0. The summed E-state index contributed by atoms with van der Waals surface area (Å²) in [5.74, 6) is -1.47. The van der Waals surface area contributed by atoms with Crippen molar-refractivity contribution in [2.45, 2.75) is 13.8 Å². The zero-order valence-corrected chi connectivity index (χ0v) is 13.7. The van der Waals surface area contributed by atoms with Gasteiger partial charge in [0.25, 0.3) is 5.91 Å². The van der Waals surface area contributed by atoms with E-state index in [1.165, 1.54) is 12.3 Å². The summed E-state index contributed by atoms with van der Waals surface area (Å²) < 4.78 is 1.71. The highest BCUT2D eigenvalue weighted by molar-refractivity contribution is 5.99. The van der Waals surface area contributed by atoms with Crippen molar-refractivity contribution in [1.82, 2.24) is 14.8 Å². The van der Waals surface area contributed by atoms with Crippen LogP contribution in [-0.2, 0) is 0 Å². The van der Waals surface area contributed by atoms with E-state index in [2.05, 4.69) is 15.5 Å². The molecule has 0 fully saturated rings. The van der Waals surface area contributed by atoms with Gasteiger partial charge in [-0.2, -0.15) is 5.10 Å². The molecule has 1 aromatic carbocycles. The van der Waals surface area contributed by atoms with E-state index in [-0.39, 0.29) is 5.56 Å². The lowest BCUT2D eigenvalue weighted by atomic mass is 10.1. The van der Waals surface area contributed by atoms with Crippen LogP contribution >= 0.6 is 0 Å². The molecule has 0 saturated heterocycles. The van der Waals surface area contributed by atoms with E-state index in [0.717, 1.165) is 5.56 Å². The maximum absolute atomic E-state index is 12.5. The molecule has 0 aliphatic rings. The Kier molecular flexibility index (Phi) is 4.30. The van der Waals surface area contributed by atoms with E-state index in [9.17, 15) is 9.59 Å². The van der Waals surface area contributed by atoms with Crippen LogP contribution in [0.1, 0.15) is 37.7 Å². The molecule has 0 saturated carbocycles. The van der Waals surface area contributed by atoms with Crippen molar-refractivity contribution in [3.63, 3.8) is 0 Å². The van der Waals surface area contributed by atoms with Crippen molar-refractivity contribution >= 4 is 23.7 Å². The van der Waals surface area contributed by atoms with Crippen LogP contribution in [0, 0.1) is 13.8 Å². The molecular weight excluding hydrogens is 320 g/mol. The number of aryl methyl sites for hydroxylation is 2. The molecule has 0 unspecified atom stereocenters. The highest BCUT2D eigenvalue weighted by Crippen LogP contribution is 2.13. The predicted molar refractivity (Wildman–Crippen MR) is 93.1 cm³/mol. The van der Waals surface area contributed by atoms with Crippen LogP contribution in [0.15, 0.2) is 47.7 Å². The Bertz CT molecular complexity index is 1000. The third kappa shape index (κ3) is 3.25. The number of imidazole rings is 1. The second-order valence-electron chi connectivity index (χ2n) is 5.57. The number of carbonyl (C=O) groups excluding carboxylic acids is 1. The number of pyridine rings is 1. The van der Waals surface area contributed by atoms with Gasteiger partial charge in [0.1, 0.15) is 11.3 Å². The number of hydrogen-bond acceptors (Lipinski definition) is 4. The first-order chi connectivity index (χ1) is 12.0. The van der Waals surface area contributed by atoms with Crippen LogP contribution < -0.4 is 5.43 Å². The van der Waals surface area contributed by atoms with Gasteiger partial charge in [-0.05, 0) is 31.5 Å². The maximum Gasteiger partial charge on any atom is 0.336 e. The Morgan fingerprint density at radius 3 is 2.72 bits per heavy atom. The fourth-order valence-electron chi connectivity index (χ4n) is 2.56. The minimum Gasteiger partial charge on any atom is -0.478 e. The smallest absolute Gasteiger partial charge is 0.336 e. The lowest BCUT2D eigenvalue weighted by molar-refractivity contribution is 0.0696. The lowest BCUT2D eigenvalue weighted by Gasteiger charge is -2.03. The third-order valence-electron chi connectivity index (χ3n) is 3.72. The van der Waals surface area contributed by atoms with E-state index in [0.29, 0.717) is 22.6 Å². The quantitative estimate of drug-likeness (QED) is 0.565. The normalized spacial score (nSPS) is 11.1.